The van der Waals surface area contributed by atoms with Crippen LogP contribution in [-0.2, 0) is 0 Å². The first-order valence-corrected chi connectivity index (χ1v) is 10.6. The maximum Gasteiger partial charge on any atom is 0.295 e. The molecule has 0 atom stereocenters. The predicted octanol–water partition coefficient (Wildman–Crippen LogP) is 7.11. The van der Waals surface area contributed by atoms with Gasteiger partial charge in [0.25, 0.3) is 5.91 Å². The Hall–Kier alpha value is -2.57. The van der Waals surface area contributed by atoms with Crippen molar-refractivity contribution in [2.45, 2.75) is 6.92 Å². The molecule has 1 aromatic heterocycles. The first-order chi connectivity index (χ1) is 14.8. The highest BCUT2D eigenvalue weighted by Gasteiger charge is 2.21. The average Bonchev–Trinajstić information content (AvgIpc) is 3.17. The number of nitrogens with one attached hydrogen (secondary N) is 1. The summed E-state index contributed by atoms with van der Waals surface area (Å²) in [5, 5.41) is 9.05. The third-order valence-electron chi connectivity index (χ3n) is 4.54. The Morgan fingerprint density at radius 3 is 2.39 bits per heavy atom. The predicted molar refractivity (Wildman–Crippen MR) is 126 cm³/mol. The van der Waals surface area contributed by atoms with Crippen LogP contribution in [0, 0.1) is 6.92 Å². The van der Waals surface area contributed by atoms with Gasteiger partial charge in [-0.3, -0.25) is 4.79 Å². The Morgan fingerprint density at radius 2 is 1.65 bits per heavy atom. The number of aromatic nitrogens is 3. The fraction of sp³-hybridized carbons (Fsp3) is 0.0455. The van der Waals surface area contributed by atoms with Crippen molar-refractivity contribution < 1.29 is 4.79 Å². The summed E-state index contributed by atoms with van der Waals surface area (Å²) in [4.78, 5) is 17.4. The number of hydrogen-bond donors (Lipinski definition) is 1. The van der Waals surface area contributed by atoms with Crippen molar-refractivity contribution in [2.75, 3.05) is 5.32 Å². The van der Waals surface area contributed by atoms with Gasteiger partial charge in [-0.25, -0.2) is 9.67 Å². The van der Waals surface area contributed by atoms with Gasteiger partial charge < -0.3 is 5.32 Å². The van der Waals surface area contributed by atoms with Crippen LogP contribution in [0.5, 0.6) is 0 Å². The van der Waals surface area contributed by atoms with E-state index in [9.17, 15) is 4.79 Å². The molecule has 0 fully saturated rings. The van der Waals surface area contributed by atoms with Crippen molar-refractivity contribution in [1.29, 1.82) is 0 Å². The number of anilines is 1. The maximum atomic E-state index is 12.9. The topological polar surface area (TPSA) is 59.8 Å². The van der Waals surface area contributed by atoms with Gasteiger partial charge in [0.05, 0.1) is 16.4 Å². The van der Waals surface area contributed by atoms with Crippen LogP contribution in [0.4, 0.5) is 5.69 Å². The first-order valence-electron chi connectivity index (χ1n) is 9.08. The van der Waals surface area contributed by atoms with E-state index in [1.807, 2.05) is 19.1 Å². The van der Waals surface area contributed by atoms with Crippen LogP contribution >= 0.6 is 46.4 Å². The van der Waals surface area contributed by atoms with Crippen LogP contribution in [0.15, 0.2) is 60.7 Å². The lowest BCUT2D eigenvalue weighted by Crippen LogP contribution is -2.14. The fourth-order valence-electron chi connectivity index (χ4n) is 2.99. The van der Waals surface area contributed by atoms with Gasteiger partial charge >= 0.3 is 0 Å². The summed E-state index contributed by atoms with van der Waals surface area (Å²) in [5.41, 5.74) is 2.59. The Kier molecular flexibility index (Phi) is 6.21. The molecule has 4 rings (SSSR count). The number of carbonyl (C=O) groups is 1. The smallest absolute Gasteiger partial charge is 0.295 e. The highest BCUT2D eigenvalue weighted by molar-refractivity contribution is 6.36. The lowest BCUT2D eigenvalue weighted by atomic mass is 10.1. The van der Waals surface area contributed by atoms with Gasteiger partial charge in [-0.05, 0) is 55.0 Å². The van der Waals surface area contributed by atoms with Crippen LogP contribution in [0.25, 0.3) is 17.1 Å². The number of hydrogen-bond acceptors (Lipinski definition) is 3. The number of carbonyl (C=O) groups excluding carboxylic acids is 1. The fourth-order valence-corrected chi connectivity index (χ4v) is 3.80. The standard InChI is InChI=1S/C22H14Cl4N4O/c1-12-16(25)6-3-7-19(12)30-21(13-4-2-5-14(23)10-13)28-20(29-30)22(31)27-18-9-8-15(24)11-17(18)26/h2-11H,1H3,(H,27,31). The zero-order valence-electron chi connectivity index (χ0n) is 16.0. The summed E-state index contributed by atoms with van der Waals surface area (Å²) in [7, 11) is 0. The summed E-state index contributed by atoms with van der Waals surface area (Å²) in [6.07, 6.45) is 0. The third kappa shape index (κ3) is 4.55. The quantitative estimate of drug-likeness (QED) is 0.331. The highest BCUT2D eigenvalue weighted by atomic mass is 35.5. The van der Waals surface area contributed by atoms with E-state index in [-0.39, 0.29) is 5.82 Å². The van der Waals surface area contributed by atoms with Crippen molar-refractivity contribution >= 4 is 58.0 Å². The van der Waals surface area contributed by atoms with Crippen LogP contribution in [0.2, 0.25) is 20.1 Å². The molecule has 5 nitrogen and oxygen atoms in total. The molecule has 0 saturated heterocycles. The lowest BCUT2D eigenvalue weighted by molar-refractivity contribution is 0.101. The van der Waals surface area contributed by atoms with Gasteiger partial charge in [0, 0.05) is 20.6 Å². The molecule has 9 heteroatoms. The van der Waals surface area contributed by atoms with E-state index in [1.54, 1.807) is 47.1 Å². The normalized spacial score (nSPS) is 10.9. The number of rotatable bonds is 4. The minimum atomic E-state index is -0.522. The molecule has 1 amide bonds. The summed E-state index contributed by atoms with van der Waals surface area (Å²) in [6.45, 7) is 1.87. The second-order valence-corrected chi connectivity index (χ2v) is 8.33. The number of amides is 1. The SMILES string of the molecule is Cc1c(Cl)cccc1-n1nc(C(=O)Nc2ccc(Cl)cc2Cl)nc1-c1cccc(Cl)c1. The summed E-state index contributed by atoms with van der Waals surface area (Å²) < 4.78 is 1.57. The van der Waals surface area contributed by atoms with E-state index in [4.69, 9.17) is 46.4 Å². The van der Waals surface area contributed by atoms with Gasteiger partial charge in [0.15, 0.2) is 5.82 Å². The zero-order chi connectivity index (χ0) is 22.1. The zero-order valence-corrected chi connectivity index (χ0v) is 19.1. The van der Waals surface area contributed by atoms with Crippen molar-refractivity contribution in [1.82, 2.24) is 14.8 Å². The molecule has 0 aliphatic carbocycles. The molecule has 0 spiro atoms. The van der Waals surface area contributed by atoms with E-state index < -0.39 is 5.91 Å². The van der Waals surface area contributed by atoms with Gasteiger partial charge in [-0.1, -0.05) is 64.6 Å². The molecule has 1 heterocycles. The molecule has 0 radical (unpaired) electrons. The molecule has 0 aliphatic heterocycles. The molecular weight excluding hydrogens is 478 g/mol. The van der Waals surface area contributed by atoms with Gasteiger partial charge in [0.2, 0.25) is 5.82 Å². The second-order valence-electron chi connectivity index (χ2n) is 6.64. The van der Waals surface area contributed by atoms with Gasteiger partial charge in [-0.2, -0.15) is 0 Å². The van der Waals surface area contributed by atoms with Crippen molar-refractivity contribution in [2.24, 2.45) is 0 Å². The summed E-state index contributed by atoms with van der Waals surface area (Å²) in [5.74, 6) is -0.119. The van der Waals surface area contributed by atoms with Crippen LogP contribution in [0.1, 0.15) is 16.2 Å². The van der Waals surface area contributed by atoms with Crippen molar-refractivity contribution in [3.05, 3.63) is 92.1 Å². The Labute approximate surface area is 198 Å². The maximum absolute atomic E-state index is 12.9. The highest BCUT2D eigenvalue weighted by Crippen LogP contribution is 2.29. The molecule has 0 unspecified atom stereocenters. The molecule has 0 saturated carbocycles. The van der Waals surface area contributed by atoms with Gasteiger partial charge in [-0.15, -0.1) is 5.10 Å². The Bertz CT molecular complexity index is 1300. The van der Waals surface area contributed by atoms with Crippen LogP contribution < -0.4 is 5.32 Å². The monoisotopic (exact) mass is 490 g/mol. The van der Waals surface area contributed by atoms with Crippen LogP contribution in [0.3, 0.4) is 0 Å². The molecule has 3 aromatic carbocycles. The lowest BCUT2D eigenvalue weighted by Gasteiger charge is -2.10. The summed E-state index contributed by atoms with van der Waals surface area (Å²) >= 11 is 24.6. The van der Waals surface area contributed by atoms with Crippen molar-refractivity contribution in [3.63, 3.8) is 0 Å². The first kappa shape index (κ1) is 21.7. The molecule has 4 aromatic rings. The largest absolute Gasteiger partial charge is 0.318 e. The van der Waals surface area contributed by atoms with E-state index in [0.29, 0.717) is 42.9 Å². The number of benzene rings is 3. The molecule has 0 bridgehead atoms. The number of halogens is 4. The minimum Gasteiger partial charge on any atom is -0.318 e. The third-order valence-corrected chi connectivity index (χ3v) is 5.73. The molecule has 1 N–H and O–H groups in total. The minimum absolute atomic E-state index is 0.0413. The van der Waals surface area contributed by atoms with Crippen LogP contribution in [-0.4, -0.2) is 20.7 Å². The second kappa shape index (κ2) is 8.89. The molecule has 31 heavy (non-hydrogen) atoms. The van der Waals surface area contributed by atoms with E-state index in [2.05, 4.69) is 15.4 Å². The Balaban J connectivity index is 1.81. The molecule has 0 aliphatic rings. The average molecular weight is 492 g/mol. The van der Waals surface area contributed by atoms with E-state index in [0.717, 1.165) is 5.56 Å². The molecular formula is C22H14Cl4N4O. The van der Waals surface area contributed by atoms with Gasteiger partial charge in [0.1, 0.15) is 0 Å². The Morgan fingerprint density at radius 1 is 0.903 bits per heavy atom. The summed E-state index contributed by atoms with van der Waals surface area (Å²) in [6, 6.07) is 17.4. The van der Waals surface area contributed by atoms with E-state index in [1.165, 1.54) is 6.07 Å². The van der Waals surface area contributed by atoms with Crippen molar-refractivity contribution in [3.8, 4) is 17.1 Å². The molecule has 156 valence electrons. The number of nitrogens with zero attached hydrogens (tertiary/aromatic N) is 3. The van der Waals surface area contributed by atoms with E-state index >= 15 is 0 Å².